The summed E-state index contributed by atoms with van der Waals surface area (Å²) in [6.07, 6.45) is 3.62. The van der Waals surface area contributed by atoms with Crippen LogP contribution < -0.4 is 10.6 Å². The lowest BCUT2D eigenvalue weighted by atomic mass is 10.1. The Morgan fingerprint density at radius 3 is 2.78 bits per heavy atom. The topological polar surface area (TPSA) is 61.4 Å². The lowest BCUT2D eigenvalue weighted by Crippen LogP contribution is -2.29. The summed E-state index contributed by atoms with van der Waals surface area (Å²) >= 11 is 0. The van der Waals surface area contributed by atoms with Crippen molar-refractivity contribution in [2.75, 3.05) is 11.9 Å². The monoisotopic (exact) mass is 248 g/mol. The van der Waals surface area contributed by atoms with E-state index in [4.69, 9.17) is 5.11 Å². The number of carboxylic acid groups (broad SMARTS) is 1. The van der Waals surface area contributed by atoms with E-state index >= 15 is 0 Å². The maximum atomic E-state index is 10.7. The largest absolute Gasteiger partial charge is 0.478 e. The highest BCUT2D eigenvalue weighted by Crippen LogP contribution is 2.15. The number of hydrogen-bond donors (Lipinski definition) is 3. The number of benzene rings is 1. The van der Waals surface area contributed by atoms with Gasteiger partial charge in [-0.2, -0.15) is 0 Å². The van der Waals surface area contributed by atoms with E-state index in [0.717, 1.165) is 18.7 Å². The highest BCUT2D eigenvalue weighted by atomic mass is 16.4. The molecule has 0 amide bonds. The summed E-state index contributed by atoms with van der Waals surface area (Å²) in [5.41, 5.74) is 1.30. The van der Waals surface area contributed by atoms with Crippen LogP contribution in [0.25, 0.3) is 0 Å². The van der Waals surface area contributed by atoms with Crippen LogP contribution in [0.15, 0.2) is 24.3 Å². The van der Waals surface area contributed by atoms with Crippen LogP contribution in [-0.4, -0.2) is 29.7 Å². The van der Waals surface area contributed by atoms with E-state index in [9.17, 15) is 4.79 Å². The van der Waals surface area contributed by atoms with Gasteiger partial charge in [-0.25, -0.2) is 4.79 Å². The number of aromatic carboxylic acids is 1. The number of hydrogen-bond acceptors (Lipinski definition) is 3. The van der Waals surface area contributed by atoms with Gasteiger partial charge >= 0.3 is 5.97 Å². The van der Waals surface area contributed by atoms with E-state index in [2.05, 4.69) is 17.6 Å². The third-order valence-corrected chi connectivity index (χ3v) is 3.35. The fourth-order valence-electron chi connectivity index (χ4n) is 2.44. The molecule has 2 rings (SSSR count). The molecule has 2 atom stereocenters. The van der Waals surface area contributed by atoms with Gasteiger partial charge in [0, 0.05) is 17.8 Å². The molecule has 4 heteroatoms. The molecule has 98 valence electrons. The quantitative estimate of drug-likeness (QED) is 0.748. The predicted molar refractivity (Wildman–Crippen MR) is 72.1 cm³/mol. The molecule has 1 aromatic carbocycles. The Hall–Kier alpha value is -1.55. The first-order valence-corrected chi connectivity index (χ1v) is 6.48. The van der Waals surface area contributed by atoms with Gasteiger partial charge in [0.15, 0.2) is 0 Å². The molecule has 0 bridgehead atoms. The van der Waals surface area contributed by atoms with Crippen LogP contribution >= 0.6 is 0 Å². The zero-order valence-corrected chi connectivity index (χ0v) is 10.6. The molecule has 18 heavy (non-hydrogen) atoms. The molecule has 0 radical (unpaired) electrons. The van der Waals surface area contributed by atoms with Crippen LogP contribution in [0.2, 0.25) is 0 Å². The number of nitrogens with one attached hydrogen (secondary N) is 2. The summed E-state index contributed by atoms with van der Waals surface area (Å²) in [6.45, 7) is 3.29. The SMILES string of the molecule is CC(CC1CCCN1)Nc1ccc(C(=O)O)cc1. The van der Waals surface area contributed by atoms with Crippen molar-refractivity contribution in [3.63, 3.8) is 0 Å². The fourth-order valence-corrected chi connectivity index (χ4v) is 2.44. The van der Waals surface area contributed by atoms with Crippen LogP contribution in [0, 0.1) is 0 Å². The molecule has 1 aliphatic rings. The van der Waals surface area contributed by atoms with Gasteiger partial charge in [0.25, 0.3) is 0 Å². The van der Waals surface area contributed by atoms with Gasteiger partial charge in [-0.1, -0.05) is 0 Å². The molecule has 1 heterocycles. The van der Waals surface area contributed by atoms with Gasteiger partial charge in [-0.3, -0.25) is 0 Å². The minimum Gasteiger partial charge on any atom is -0.478 e. The van der Waals surface area contributed by atoms with Crippen molar-refractivity contribution in [2.24, 2.45) is 0 Å². The Balaban J connectivity index is 1.86. The third-order valence-electron chi connectivity index (χ3n) is 3.35. The summed E-state index contributed by atoms with van der Waals surface area (Å²) in [4.78, 5) is 10.7. The molecular weight excluding hydrogens is 228 g/mol. The number of carbonyl (C=O) groups is 1. The molecule has 3 N–H and O–H groups in total. The second-order valence-corrected chi connectivity index (χ2v) is 4.96. The normalized spacial score (nSPS) is 20.6. The first kappa shape index (κ1) is 12.9. The average Bonchev–Trinajstić information content (AvgIpc) is 2.82. The van der Waals surface area contributed by atoms with E-state index in [1.54, 1.807) is 12.1 Å². The highest BCUT2D eigenvalue weighted by Gasteiger charge is 2.16. The number of anilines is 1. The summed E-state index contributed by atoms with van der Waals surface area (Å²) < 4.78 is 0. The molecule has 0 aromatic heterocycles. The van der Waals surface area contributed by atoms with E-state index in [1.165, 1.54) is 12.8 Å². The zero-order valence-electron chi connectivity index (χ0n) is 10.6. The van der Waals surface area contributed by atoms with Crippen LogP contribution in [0.4, 0.5) is 5.69 Å². The lowest BCUT2D eigenvalue weighted by molar-refractivity contribution is 0.0697. The van der Waals surface area contributed by atoms with Crippen molar-refractivity contribution in [1.82, 2.24) is 5.32 Å². The van der Waals surface area contributed by atoms with Gasteiger partial charge in [-0.05, 0) is 57.0 Å². The minimum absolute atomic E-state index is 0.325. The Morgan fingerprint density at radius 1 is 1.50 bits per heavy atom. The standard InChI is InChI=1S/C14H20N2O2/c1-10(9-13-3-2-8-15-13)16-12-6-4-11(5-7-12)14(17)18/h4-7,10,13,15-16H,2-3,8-9H2,1H3,(H,17,18). The van der Waals surface area contributed by atoms with E-state index in [-0.39, 0.29) is 0 Å². The first-order chi connectivity index (χ1) is 8.65. The van der Waals surface area contributed by atoms with E-state index < -0.39 is 5.97 Å². The molecule has 1 aromatic rings. The van der Waals surface area contributed by atoms with Gasteiger partial charge in [0.1, 0.15) is 0 Å². The van der Waals surface area contributed by atoms with Gasteiger partial charge in [0.05, 0.1) is 5.56 Å². The maximum Gasteiger partial charge on any atom is 0.335 e. The number of rotatable bonds is 5. The summed E-state index contributed by atoms with van der Waals surface area (Å²) in [5, 5.41) is 15.7. The van der Waals surface area contributed by atoms with Crippen LogP contribution in [0.5, 0.6) is 0 Å². The second-order valence-electron chi connectivity index (χ2n) is 4.96. The Bertz CT molecular complexity index is 397. The van der Waals surface area contributed by atoms with Crippen molar-refractivity contribution in [2.45, 2.75) is 38.3 Å². The molecule has 0 aliphatic carbocycles. The molecule has 1 saturated heterocycles. The highest BCUT2D eigenvalue weighted by molar-refractivity contribution is 5.87. The van der Waals surface area contributed by atoms with Crippen molar-refractivity contribution in [3.05, 3.63) is 29.8 Å². The van der Waals surface area contributed by atoms with Crippen LogP contribution in [-0.2, 0) is 0 Å². The van der Waals surface area contributed by atoms with Gasteiger partial charge < -0.3 is 15.7 Å². The number of carboxylic acids is 1. The summed E-state index contributed by atoms with van der Waals surface area (Å²) in [7, 11) is 0. The van der Waals surface area contributed by atoms with E-state index in [1.807, 2.05) is 12.1 Å². The fraction of sp³-hybridized carbons (Fsp3) is 0.500. The molecular formula is C14H20N2O2. The maximum absolute atomic E-state index is 10.7. The van der Waals surface area contributed by atoms with Crippen molar-refractivity contribution in [1.29, 1.82) is 0 Å². The van der Waals surface area contributed by atoms with Crippen molar-refractivity contribution < 1.29 is 9.90 Å². The van der Waals surface area contributed by atoms with Gasteiger partial charge in [-0.15, -0.1) is 0 Å². The molecule has 2 unspecified atom stereocenters. The zero-order chi connectivity index (χ0) is 13.0. The Kier molecular flexibility index (Phi) is 4.20. The molecule has 0 saturated carbocycles. The Morgan fingerprint density at radius 2 is 2.22 bits per heavy atom. The van der Waals surface area contributed by atoms with Crippen LogP contribution in [0.1, 0.15) is 36.5 Å². The van der Waals surface area contributed by atoms with Crippen molar-refractivity contribution >= 4 is 11.7 Å². The molecule has 1 aliphatic heterocycles. The molecule has 1 fully saturated rings. The van der Waals surface area contributed by atoms with E-state index in [0.29, 0.717) is 17.6 Å². The van der Waals surface area contributed by atoms with Crippen LogP contribution in [0.3, 0.4) is 0 Å². The van der Waals surface area contributed by atoms with Crippen molar-refractivity contribution in [3.8, 4) is 0 Å². The molecule has 0 spiro atoms. The molecule has 4 nitrogen and oxygen atoms in total. The third kappa shape index (κ3) is 3.47. The summed E-state index contributed by atoms with van der Waals surface area (Å²) in [6, 6.07) is 7.91. The Labute approximate surface area is 107 Å². The lowest BCUT2D eigenvalue weighted by Gasteiger charge is -2.19. The summed E-state index contributed by atoms with van der Waals surface area (Å²) in [5.74, 6) is -0.884. The smallest absolute Gasteiger partial charge is 0.335 e. The average molecular weight is 248 g/mol. The predicted octanol–water partition coefficient (Wildman–Crippen LogP) is 2.33. The first-order valence-electron chi connectivity index (χ1n) is 6.48. The second kappa shape index (κ2) is 5.87. The van der Waals surface area contributed by atoms with Gasteiger partial charge in [0.2, 0.25) is 0 Å². The minimum atomic E-state index is -0.884.